The molecule has 5 heteroatoms. The number of carbonyl (C=O) groups is 1. The second kappa shape index (κ2) is 6.85. The molecule has 1 atom stereocenters. The number of aromatic nitrogens is 1. The van der Waals surface area contributed by atoms with Crippen LogP contribution in [0.25, 0.3) is 0 Å². The van der Waals surface area contributed by atoms with Gasteiger partial charge in [-0.1, -0.05) is 19.4 Å². The van der Waals surface area contributed by atoms with E-state index >= 15 is 0 Å². The number of amides is 1. The molecule has 0 aliphatic carbocycles. The Hall–Kier alpha value is -1.62. The van der Waals surface area contributed by atoms with Gasteiger partial charge in [-0.25, -0.2) is 0 Å². The van der Waals surface area contributed by atoms with Crippen LogP contribution in [0.4, 0.5) is 0 Å². The van der Waals surface area contributed by atoms with Gasteiger partial charge in [-0.3, -0.25) is 9.59 Å². The first-order valence-corrected chi connectivity index (χ1v) is 5.85. The van der Waals surface area contributed by atoms with Crippen LogP contribution >= 0.6 is 0 Å². The Bertz CT molecular complexity index is 414. The molecule has 4 N–H and O–H groups in total. The largest absolute Gasteiger partial charge is 0.350 e. The van der Waals surface area contributed by atoms with Crippen LogP contribution in [0, 0.1) is 5.92 Å². The quantitative estimate of drug-likeness (QED) is 0.672. The standard InChI is InChI=1S/C12H19N3O2/c1-2-9(6-7-13)8-14-12(17)10-4-3-5-11(16)15-10/h3-5,9H,2,6-8,13H2,1H3,(H,14,17)(H,15,16). The summed E-state index contributed by atoms with van der Waals surface area (Å²) in [6.07, 6.45) is 1.87. The SMILES string of the molecule is CCC(CCN)CNC(=O)c1cccc(=O)[nH]1. The number of pyridine rings is 1. The molecule has 1 unspecified atom stereocenters. The van der Waals surface area contributed by atoms with Crippen molar-refractivity contribution in [1.82, 2.24) is 10.3 Å². The lowest BCUT2D eigenvalue weighted by Gasteiger charge is -2.14. The minimum absolute atomic E-state index is 0.252. The average Bonchev–Trinajstić information content (AvgIpc) is 2.34. The van der Waals surface area contributed by atoms with E-state index in [9.17, 15) is 9.59 Å². The predicted octanol–water partition coefficient (Wildman–Crippen LogP) is 0.480. The lowest BCUT2D eigenvalue weighted by Crippen LogP contribution is -2.31. The minimum Gasteiger partial charge on any atom is -0.350 e. The summed E-state index contributed by atoms with van der Waals surface area (Å²) in [4.78, 5) is 25.2. The van der Waals surface area contributed by atoms with E-state index in [-0.39, 0.29) is 11.5 Å². The minimum atomic E-state index is -0.272. The van der Waals surface area contributed by atoms with Crippen molar-refractivity contribution in [3.63, 3.8) is 0 Å². The van der Waals surface area contributed by atoms with E-state index in [0.29, 0.717) is 24.7 Å². The van der Waals surface area contributed by atoms with E-state index < -0.39 is 0 Å². The molecular weight excluding hydrogens is 218 g/mol. The summed E-state index contributed by atoms with van der Waals surface area (Å²) < 4.78 is 0. The third-order valence-electron chi connectivity index (χ3n) is 2.72. The third kappa shape index (κ3) is 4.40. The van der Waals surface area contributed by atoms with Gasteiger partial charge in [0.05, 0.1) is 0 Å². The molecule has 0 aliphatic rings. The van der Waals surface area contributed by atoms with Crippen LogP contribution in [0.5, 0.6) is 0 Å². The fraction of sp³-hybridized carbons (Fsp3) is 0.500. The smallest absolute Gasteiger partial charge is 0.267 e. The average molecular weight is 237 g/mol. The Kier molecular flexibility index (Phi) is 5.42. The molecule has 1 aromatic heterocycles. The third-order valence-corrected chi connectivity index (χ3v) is 2.72. The van der Waals surface area contributed by atoms with E-state index in [1.807, 2.05) is 0 Å². The van der Waals surface area contributed by atoms with Crippen molar-refractivity contribution in [3.8, 4) is 0 Å². The van der Waals surface area contributed by atoms with E-state index in [0.717, 1.165) is 12.8 Å². The second-order valence-electron chi connectivity index (χ2n) is 3.99. The van der Waals surface area contributed by atoms with E-state index in [2.05, 4.69) is 17.2 Å². The summed E-state index contributed by atoms with van der Waals surface area (Å²) >= 11 is 0. The van der Waals surface area contributed by atoms with Crippen molar-refractivity contribution in [2.75, 3.05) is 13.1 Å². The molecule has 94 valence electrons. The van der Waals surface area contributed by atoms with Gasteiger partial charge in [0.15, 0.2) is 0 Å². The molecule has 0 bridgehead atoms. The van der Waals surface area contributed by atoms with Crippen LogP contribution in [-0.4, -0.2) is 24.0 Å². The van der Waals surface area contributed by atoms with Gasteiger partial charge in [0.1, 0.15) is 5.69 Å². The van der Waals surface area contributed by atoms with Gasteiger partial charge < -0.3 is 16.0 Å². The first-order valence-electron chi connectivity index (χ1n) is 5.85. The van der Waals surface area contributed by atoms with Crippen LogP contribution < -0.4 is 16.6 Å². The lowest BCUT2D eigenvalue weighted by atomic mass is 10.0. The fourth-order valence-corrected chi connectivity index (χ4v) is 1.60. The maximum Gasteiger partial charge on any atom is 0.267 e. The number of nitrogens with one attached hydrogen (secondary N) is 2. The van der Waals surface area contributed by atoms with Gasteiger partial charge in [0, 0.05) is 12.6 Å². The van der Waals surface area contributed by atoms with Gasteiger partial charge in [-0.15, -0.1) is 0 Å². The van der Waals surface area contributed by atoms with Crippen LogP contribution in [0.3, 0.4) is 0 Å². The highest BCUT2D eigenvalue weighted by atomic mass is 16.2. The molecule has 0 aliphatic heterocycles. The van der Waals surface area contributed by atoms with Crippen LogP contribution in [0.15, 0.2) is 23.0 Å². The van der Waals surface area contributed by atoms with Gasteiger partial charge in [0.2, 0.25) is 5.56 Å². The van der Waals surface area contributed by atoms with Gasteiger partial charge in [-0.05, 0) is 24.9 Å². The molecule has 0 spiro atoms. The Labute approximate surface area is 100 Å². The number of carbonyl (C=O) groups excluding carboxylic acids is 1. The Morgan fingerprint density at radius 1 is 1.53 bits per heavy atom. The van der Waals surface area contributed by atoms with Crippen molar-refractivity contribution in [2.45, 2.75) is 19.8 Å². The Morgan fingerprint density at radius 2 is 2.29 bits per heavy atom. The summed E-state index contributed by atoms with van der Waals surface area (Å²) in [5.74, 6) is 0.137. The molecule has 0 saturated heterocycles. The fourth-order valence-electron chi connectivity index (χ4n) is 1.60. The summed E-state index contributed by atoms with van der Waals surface area (Å²) in [5, 5.41) is 2.80. The molecule has 0 saturated carbocycles. The van der Waals surface area contributed by atoms with Crippen LogP contribution in [-0.2, 0) is 0 Å². The highest BCUT2D eigenvalue weighted by Gasteiger charge is 2.09. The predicted molar refractivity (Wildman–Crippen MR) is 66.8 cm³/mol. The second-order valence-corrected chi connectivity index (χ2v) is 3.99. The molecule has 0 radical (unpaired) electrons. The number of hydrogen-bond donors (Lipinski definition) is 3. The zero-order valence-electron chi connectivity index (χ0n) is 10.0. The van der Waals surface area contributed by atoms with Gasteiger partial charge in [-0.2, -0.15) is 0 Å². The zero-order chi connectivity index (χ0) is 12.7. The summed E-state index contributed by atoms with van der Waals surface area (Å²) in [6, 6.07) is 4.52. The van der Waals surface area contributed by atoms with Crippen LogP contribution in [0.1, 0.15) is 30.3 Å². The molecular formula is C12H19N3O2. The monoisotopic (exact) mass is 237 g/mol. The normalized spacial score (nSPS) is 12.1. The highest BCUT2D eigenvalue weighted by Crippen LogP contribution is 2.05. The summed E-state index contributed by atoms with van der Waals surface area (Å²) in [7, 11) is 0. The van der Waals surface area contributed by atoms with Crippen molar-refractivity contribution >= 4 is 5.91 Å². The van der Waals surface area contributed by atoms with Gasteiger partial charge in [0.25, 0.3) is 5.91 Å². The molecule has 5 nitrogen and oxygen atoms in total. The number of rotatable bonds is 6. The van der Waals surface area contributed by atoms with Crippen molar-refractivity contribution in [3.05, 3.63) is 34.2 Å². The number of H-pyrrole nitrogens is 1. The summed E-state index contributed by atoms with van der Waals surface area (Å²) in [6.45, 7) is 3.27. The summed E-state index contributed by atoms with van der Waals surface area (Å²) in [5.41, 5.74) is 5.50. The first-order chi connectivity index (χ1) is 8.17. The zero-order valence-corrected chi connectivity index (χ0v) is 10.0. The van der Waals surface area contributed by atoms with Crippen molar-refractivity contribution in [1.29, 1.82) is 0 Å². The van der Waals surface area contributed by atoms with Crippen LogP contribution in [0.2, 0.25) is 0 Å². The molecule has 1 rings (SSSR count). The lowest BCUT2D eigenvalue weighted by molar-refractivity contribution is 0.0941. The number of hydrogen-bond acceptors (Lipinski definition) is 3. The van der Waals surface area contributed by atoms with E-state index in [1.54, 1.807) is 12.1 Å². The molecule has 17 heavy (non-hydrogen) atoms. The van der Waals surface area contributed by atoms with E-state index in [4.69, 9.17) is 5.73 Å². The maximum absolute atomic E-state index is 11.7. The Balaban J connectivity index is 2.52. The highest BCUT2D eigenvalue weighted by molar-refractivity contribution is 5.92. The van der Waals surface area contributed by atoms with Crippen molar-refractivity contribution < 1.29 is 4.79 Å². The van der Waals surface area contributed by atoms with Crippen molar-refractivity contribution in [2.24, 2.45) is 11.7 Å². The molecule has 1 heterocycles. The number of aromatic amines is 1. The Morgan fingerprint density at radius 3 is 2.88 bits per heavy atom. The molecule has 0 fully saturated rings. The topological polar surface area (TPSA) is 88.0 Å². The first kappa shape index (κ1) is 13.4. The maximum atomic E-state index is 11.7. The van der Waals surface area contributed by atoms with Gasteiger partial charge >= 0.3 is 0 Å². The number of nitrogens with two attached hydrogens (primary N) is 1. The van der Waals surface area contributed by atoms with E-state index in [1.165, 1.54) is 6.07 Å². The molecule has 1 amide bonds. The molecule has 0 aromatic carbocycles. The molecule has 1 aromatic rings.